The van der Waals surface area contributed by atoms with Crippen LogP contribution < -0.4 is 0 Å². The Balaban J connectivity index is 1.53. The number of rotatable bonds is 4. The van der Waals surface area contributed by atoms with Gasteiger partial charge < -0.3 is 9.22 Å². The van der Waals surface area contributed by atoms with Gasteiger partial charge in [0.15, 0.2) is 8.32 Å². The lowest BCUT2D eigenvalue weighted by atomic mass is 9.47. The number of hydrogen-bond donors (Lipinski definition) is 0. The maximum absolute atomic E-state index is 11.6. The van der Waals surface area contributed by atoms with E-state index >= 15 is 0 Å². The van der Waals surface area contributed by atoms with Crippen LogP contribution >= 0.6 is 0 Å². The van der Waals surface area contributed by atoms with Crippen LogP contribution in [0, 0.1) is 40.4 Å². The highest BCUT2D eigenvalue weighted by Gasteiger charge is 2.59. The molecule has 4 aliphatic rings. The van der Waals surface area contributed by atoms with E-state index in [1.807, 2.05) is 0 Å². The summed E-state index contributed by atoms with van der Waals surface area (Å²) in [6.07, 6.45) is 14.6. The van der Waals surface area contributed by atoms with Crippen LogP contribution in [-0.2, 0) is 9.22 Å². The first-order valence-electron chi connectivity index (χ1n) is 13.2. The largest absolute Gasteiger partial charge is 0.414 e. The minimum atomic E-state index is -1.71. The Morgan fingerprint density at radius 3 is 2.45 bits per heavy atom. The lowest BCUT2D eigenvalue weighted by Crippen LogP contribution is -2.52. The zero-order chi connectivity index (χ0) is 22.8. The summed E-state index contributed by atoms with van der Waals surface area (Å²) in [5.41, 5.74) is 2.49. The zero-order valence-corrected chi connectivity index (χ0v) is 22.6. The van der Waals surface area contributed by atoms with Gasteiger partial charge in [0.2, 0.25) is 0 Å². The van der Waals surface area contributed by atoms with E-state index < -0.39 is 8.32 Å². The molecule has 3 saturated carbocycles. The van der Waals surface area contributed by atoms with Gasteiger partial charge in [0.25, 0.3) is 0 Å². The van der Waals surface area contributed by atoms with Gasteiger partial charge in [-0.1, -0.05) is 53.2 Å². The summed E-state index contributed by atoms with van der Waals surface area (Å²) in [6, 6.07) is 0. The zero-order valence-electron chi connectivity index (χ0n) is 21.6. The molecular formula is C28H48O2Si. The summed E-state index contributed by atoms with van der Waals surface area (Å²) in [5, 5.41) is 0.283. The highest BCUT2D eigenvalue weighted by Crippen LogP contribution is 2.67. The molecule has 0 bridgehead atoms. The highest BCUT2D eigenvalue weighted by molar-refractivity contribution is 6.74. The molecule has 0 aromatic rings. The summed E-state index contributed by atoms with van der Waals surface area (Å²) in [6.45, 7) is 19.2. The molecule has 3 fully saturated rings. The highest BCUT2D eigenvalue weighted by atomic mass is 28.4. The van der Waals surface area contributed by atoms with Gasteiger partial charge in [-0.15, -0.1) is 0 Å². The molecule has 0 heterocycles. The van der Waals surface area contributed by atoms with Gasteiger partial charge in [-0.2, -0.15) is 0 Å². The van der Waals surface area contributed by atoms with Crippen molar-refractivity contribution >= 4 is 14.6 Å². The number of hydrogen-bond acceptors (Lipinski definition) is 2. The molecule has 0 spiro atoms. The van der Waals surface area contributed by atoms with Crippen molar-refractivity contribution in [2.45, 2.75) is 117 Å². The van der Waals surface area contributed by atoms with Crippen molar-refractivity contribution < 1.29 is 9.22 Å². The first-order valence-corrected chi connectivity index (χ1v) is 16.1. The molecule has 0 aromatic carbocycles. The fraction of sp³-hybridized carbons (Fsp3) is 0.893. The van der Waals surface area contributed by atoms with Gasteiger partial charge in [0.1, 0.15) is 6.29 Å². The number of carbonyl (C=O) groups excluding carboxylic acids is 1. The molecule has 0 saturated heterocycles. The first-order chi connectivity index (χ1) is 14.3. The minimum absolute atomic E-state index is 0.222. The summed E-state index contributed by atoms with van der Waals surface area (Å²) >= 11 is 0. The van der Waals surface area contributed by atoms with E-state index in [1.165, 1.54) is 57.7 Å². The number of fused-ring (bicyclic) bond motifs is 5. The molecule has 8 atom stereocenters. The third-order valence-electron chi connectivity index (χ3n) is 11.2. The van der Waals surface area contributed by atoms with Crippen LogP contribution in [0.25, 0.3) is 0 Å². The molecule has 3 heteroatoms. The Morgan fingerprint density at radius 2 is 1.81 bits per heavy atom. The summed E-state index contributed by atoms with van der Waals surface area (Å²) in [4.78, 5) is 11.6. The predicted octanol–water partition coefficient (Wildman–Crippen LogP) is 7.79. The maximum atomic E-state index is 11.6. The lowest BCUT2D eigenvalue weighted by molar-refractivity contribution is -0.115. The monoisotopic (exact) mass is 444 g/mol. The molecule has 3 unspecified atom stereocenters. The molecular weight excluding hydrogens is 396 g/mol. The molecule has 0 aromatic heterocycles. The smallest absolute Gasteiger partial charge is 0.192 e. The second-order valence-electron chi connectivity index (χ2n) is 13.7. The molecule has 0 amide bonds. The van der Waals surface area contributed by atoms with Crippen LogP contribution in [0.3, 0.4) is 0 Å². The molecule has 2 nitrogen and oxygen atoms in total. The Morgan fingerprint density at radius 1 is 1.10 bits per heavy atom. The summed E-state index contributed by atoms with van der Waals surface area (Å²) in [5.74, 6) is 3.30. The molecule has 31 heavy (non-hydrogen) atoms. The summed E-state index contributed by atoms with van der Waals surface area (Å²) < 4.78 is 6.88. The third kappa shape index (κ3) is 3.74. The topological polar surface area (TPSA) is 26.3 Å². The van der Waals surface area contributed by atoms with Crippen LogP contribution in [-0.4, -0.2) is 20.7 Å². The van der Waals surface area contributed by atoms with Crippen LogP contribution in [0.1, 0.15) is 92.9 Å². The van der Waals surface area contributed by atoms with Crippen molar-refractivity contribution in [1.82, 2.24) is 0 Å². The van der Waals surface area contributed by atoms with E-state index in [1.54, 1.807) is 5.57 Å². The van der Waals surface area contributed by atoms with Crippen molar-refractivity contribution in [1.29, 1.82) is 0 Å². The standard InChI is InChI=1S/C28H48O2Si/c1-19(18-29)23-11-12-24-22-10-9-20-17-21(30-31(7,8)26(2,3)4)13-15-27(20,5)25(22)14-16-28(23,24)6/h9,18-19,21-25H,10-17H2,1-8H3/t19-,21+,22?,23-,24?,25?,27+,28-/m1/s1. The number of aldehydes is 1. The second-order valence-corrected chi connectivity index (χ2v) is 18.5. The average Bonchev–Trinajstić information content (AvgIpc) is 3.04. The van der Waals surface area contributed by atoms with E-state index in [2.05, 4.69) is 60.7 Å². The van der Waals surface area contributed by atoms with Gasteiger partial charge in [-0.05, 0) is 104 Å². The fourth-order valence-corrected chi connectivity index (χ4v) is 9.71. The summed E-state index contributed by atoms with van der Waals surface area (Å²) in [7, 11) is -1.71. The van der Waals surface area contributed by atoms with Crippen LogP contribution in [0.5, 0.6) is 0 Å². The van der Waals surface area contributed by atoms with Crippen LogP contribution in [0.4, 0.5) is 0 Å². The Hall–Kier alpha value is -0.413. The quantitative estimate of drug-likeness (QED) is 0.251. The second kappa shape index (κ2) is 7.83. The van der Waals surface area contributed by atoms with E-state index in [9.17, 15) is 4.79 Å². The van der Waals surface area contributed by atoms with E-state index in [0.29, 0.717) is 22.9 Å². The fourth-order valence-electron chi connectivity index (χ4n) is 8.32. The van der Waals surface area contributed by atoms with Gasteiger partial charge in [0.05, 0.1) is 0 Å². The Bertz CT molecular complexity index is 734. The molecule has 0 N–H and O–H groups in total. The van der Waals surface area contributed by atoms with Crippen molar-refractivity contribution in [3.8, 4) is 0 Å². The van der Waals surface area contributed by atoms with Gasteiger partial charge in [-0.3, -0.25) is 0 Å². The van der Waals surface area contributed by atoms with Crippen LogP contribution in [0.15, 0.2) is 11.6 Å². The van der Waals surface area contributed by atoms with Gasteiger partial charge in [-0.25, -0.2) is 0 Å². The Kier molecular flexibility index (Phi) is 5.99. The van der Waals surface area contributed by atoms with E-state index in [-0.39, 0.29) is 11.0 Å². The molecule has 4 aliphatic carbocycles. The molecule has 4 rings (SSSR count). The van der Waals surface area contributed by atoms with Gasteiger partial charge in [0, 0.05) is 12.0 Å². The van der Waals surface area contributed by atoms with E-state index in [0.717, 1.165) is 17.8 Å². The first kappa shape index (κ1) is 23.7. The predicted molar refractivity (Wildman–Crippen MR) is 132 cm³/mol. The SMILES string of the molecule is C[C@H](C=O)[C@H]1CCC2C3CC=C4C[C@@H](O[Si](C)(C)C(C)(C)C)CC[C@]4(C)C3CC[C@@]21C. The normalized spacial score (nSPS) is 44.0. The molecule has 176 valence electrons. The van der Waals surface area contributed by atoms with Crippen molar-refractivity contribution in [2.75, 3.05) is 0 Å². The van der Waals surface area contributed by atoms with Crippen molar-refractivity contribution in [2.24, 2.45) is 40.4 Å². The maximum Gasteiger partial charge on any atom is 0.192 e. The number of allylic oxidation sites excluding steroid dienone is 1. The average molecular weight is 445 g/mol. The minimum Gasteiger partial charge on any atom is -0.414 e. The third-order valence-corrected chi connectivity index (χ3v) is 15.8. The van der Waals surface area contributed by atoms with Crippen molar-refractivity contribution in [3.05, 3.63) is 11.6 Å². The number of carbonyl (C=O) groups is 1. The van der Waals surface area contributed by atoms with Crippen LogP contribution in [0.2, 0.25) is 18.1 Å². The molecule has 0 aliphatic heterocycles. The Labute approximate surface area is 193 Å². The van der Waals surface area contributed by atoms with Crippen molar-refractivity contribution in [3.63, 3.8) is 0 Å². The lowest BCUT2D eigenvalue weighted by Gasteiger charge is -2.58. The van der Waals surface area contributed by atoms with E-state index in [4.69, 9.17) is 4.43 Å². The van der Waals surface area contributed by atoms with Gasteiger partial charge >= 0.3 is 0 Å². The molecule has 0 radical (unpaired) electrons.